The molecule has 1 aromatic carbocycles. The molecule has 2 N–H and O–H groups in total. The zero-order valence-corrected chi connectivity index (χ0v) is 12.3. The molecular weight excluding hydrogens is 272 g/mol. The van der Waals surface area contributed by atoms with E-state index in [0.717, 1.165) is 19.5 Å². The number of nitro benzene ring substituents is 1. The fourth-order valence-corrected chi connectivity index (χ4v) is 2.74. The van der Waals surface area contributed by atoms with Crippen LogP contribution in [-0.4, -0.2) is 54.4 Å². The van der Waals surface area contributed by atoms with E-state index in [-0.39, 0.29) is 17.2 Å². The summed E-state index contributed by atoms with van der Waals surface area (Å²) in [5, 5.41) is 11.0. The largest absolute Gasteiger partial charge is 0.399 e. The molecule has 1 aliphatic heterocycles. The van der Waals surface area contributed by atoms with Gasteiger partial charge in [-0.05, 0) is 38.1 Å². The van der Waals surface area contributed by atoms with Gasteiger partial charge in [0.15, 0.2) is 0 Å². The zero-order valence-electron chi connectivity index (χ0n) is 12.3. The SMILES string of the molecule is CN1CCC(CN(C)C(=O)c2cc(N)ccc2[N+](=O)[O-])C1. The minimum atomic E-state index is -0.552. The zero-order chi connectivity index (χ0) is 15.6. The Morgan fingerprint density at radius 3 is 2.86 bits per heavy atom. The van der Waals surface area contributed by atoms with E-state index in [0.29, 0.717) is 18.2 Å². The smallest absolute Gasteiger partial charge is 0.282 e. The Morgan fingerprint density at radius 1 is 1.57 bits per heavy atom. The van der Waals surface area contributed by atoms with Crippen molar-refractivity contribution in [2.75, 3.05) is 39.5 Å². The molecule has 7 heteroatoms. The van der Waals surface area contributed by atoms with Gasteiger partial charge in [-0.3, -0.25) is 14.9 Å². The van der Waals surface area contributed by atoms with E-state index >= 15 is 0 Å². The second-order valence-corrected chi connectivity index (χ2v) is 5.64. The van der Waals surface area contributed by atoms with E-state index in [1.807, 2.05) is 7.05 Å². The average molecular weight is 292 g/mol. The highest BCUT2D eigenvalue weighted by Gasteiger charge is 2.26. The van der Waals surface area contributed by atoms with Crippen molar-refractivity contribution in [1.29, 1.82) is 0 Å². The molecule has 1 aliphatic rings. The standard InChI is InChI=1S/C14H20N4O3/c1-16-6-5-10(8-16)9-17(2)14(19)12-7-11(15)3-4-13(12)18(20)21/h3-4,7,10H,5-6,8-9,15H2,1-2H3. The van der Waals surface area contributed by atoms with Crippen LogP contribution in [-0.2, 0) is 0 Å². The van der Waals surface area contributed by atoms with Crippen LogP contribution in [0.15, 0.2) is 18.2 Å². The number of nitrogen functional groups attached to an aromatic ring is 1. The fraction of sp³-hybridized carbons (Fsp3) is 0.500. The van der Waals surface area contributed by atoms with Crippen LogP contribution >= 0.6 is 0 Å². The third kappa shape index (κ3) is 3.49. The van der Waals surface area contributed by atoms with Gasteiger partial charge in [0.2, 0.25) is 0 Å². The second kappa shape index (κ2) is 6.09. The van der Waals surface area contributed by atoms with E-state index in [1.54, 1.807) is 11.9 Å². The van der Waals surface area contributed by atoms with Crippen molar-refractivity contribution in [2.24, 2.45) is 5.92 Å². The summed E-state index contributed by atoms with van der Waals surface area (Å²) >= 11 is 0. The summed E-state index contributed by atoms with van der Waals surface area (Å²) in [5.41, 5.74) is 5.84. The van der Waals surface area contributed by atoms with Gasteiger partial charge in [0.1, 0.15) is 5.56 Å². The van der Waals surface area contributed by atoms with Gasteiger partial charge >= 0.3 is 0 Å². The van der Waals surface area contributed by atoms with Crippen molar-refractivity contribution in [2.45, 2.75) is 6.42 Å². The lowest BCUT2D eigenvalue weighted by Gasteiger charge is -2.21. The molecule has 1 saturated heterocycles. The normalized spacial score (nSPS) is 18.7. The first-order chi connectivity index (χ1) is 9.88. The number of carbonyl (C=O) groups is 1. The molecule has 0 bridgehead atoms. The van der Waals surface area contributed by atoms with Crippen LogP contribution in [0, 0.1) is 16.0 Å². The minimum Gasteiger partial charge on any atom is -0.399 e. The first kappa shape index (κ1) is 15.2. The number of hydrogen-bond donors (Lipinski definition) is 1. The molecule has 0 aliphatic carbocycles. The van der Waals surface area contributed by atoms with Crippen LogP contribution in [0.3, 0.4) is 0 Å². The average Bonchev–Trinajstić information content (AvgIpc) is 2.82. The molecule has 0 saturated carbocycles. The lowest BCUT2D eigenvalue weighted by Crippen LogP contribution is -2.33. The molecular formula is C14H20N4O3. The number of carbonyl (C=O) groups excluding carboxylic acids is 1. The fourth-order valence-electron chi connectivity index (χ4n) is 2.74. The van der Waals surface area contributed by atoms with Crippen LogP contribution in [0.25, 0.3) is 0 Å². The number of benzene rings is 1. The first-order valence-electron chi connectivity index (χ1n) is 6.86. The lowest BCUT2D eigenvalue weighted by molar-refractivity contribution is -0.385. The van der Waals surface area contributed by atoms with Crippen molar-refractivity contribution in [3.05, 3.63) is 33.9 Å². The lowest BCUT2D eigenvalue weighted by atomic mass is 10.1. The molecule has 0 radical (unpaired) electrons. The molecule has 2 rings (SSSR count). The van der Waals surface area contributed by atoms with Crippen LogP contribution in [0.2, 0.25) is 0 Å². The predicted molar refractivity (Wildman–Crippen MR) is 80.1 cm³/mol. The van der Waals surface area contributed by atoms with E-state index in [4.69, 9.17) is 5.73 Å². The number of amides is 1. The quantitative estimate of drug-likeness (QED) is 0.511. The van der Waals surface area contributed by atoms with Gasteiger partial charge in [0, 0.05) is 31.9 Å². The third-order valence-corrected chi connectivity index (χ3v) is 3.82. The monoisotopic (exact) mass is 292 g/mol. The van der Waals surface area contributed by atoms with Crippen LogP contribution in [0.5, 0.6) is 0 Å². The molecule has 0 spiro atoms. The molecule has 1 amide bonds. The number of nitro groups is 1. The van der Waals surface area contributed by atoms with E-state index in [9.17, 15) is 14.9 Å². The molecule has 1 heterocycles. The summed E-state index contributed by atoms with van der Waals surface area (Å²) < 4.78 is 0. The first-order valence-corrected chi connectivity index (χ1v) is 6.86. The van der Waals surface area contributed by atoms with Crippen LogP contribution < -0.4 is 5.73 Å². The maximum absolute atomic E-state index is 12.4. The summed E-state index contributed by atoms with van der Waals surface area (Å²) in [6, 6.07) is 4.08. The molecule has 0 aromatic heterocycles. The predicted octanol–water partition coefficient (Wildman–Crippen LogP) is 1.20. The van der Waals surface area contributed by atoms with Crippen molar-refractivity contribution in [1.82, 2.24) is 9.80 Å². The van der Waals surface area contributed by atoms with Gasteiger partial charge in [-0.15, -0.1) is 0 Å². The summed E-state index contributed by atoms with van der Waals surface area (Å²) in [5.74, 6) is 0.0487. The highest BCUT2D eigenvalue weighted by Crippen LogP contribution is 2.23. The van der Waals surface area contributed by atoms with E-state index in [2.05, 4.69) is 4.90 Å². The molecule has 114 valence electrons. The maximum Gasteiger partial charge on any atom is 0.282 e. The highest BCUT2D eigenvalue weighted by molar-refractivity contribution is 5.98. The van der Waals surface area contributed by atoms with Crippen LogP contribution in [0.4, 0.5) is 11.4 Å². The van der Waals surface area contributed by atoms with E-state index in [1.165, 1.54) is 18.2 Å². The van der Waals surface area contributed by atoms with Crippen molar-refractivity contribution in [3.63, 3.8) is 0 Å². The molecule has 1 unspecified atom stereocenters. The Balaban J connectivity index is 2.15. The number of rotatable bonds is 4. The Hall–Kier alpha value is -2.15. The van der Waals surface area contributed by atoms with E-state index < -0.39 is 4.92 Å². The maximum atomic E-state index is 12.4. The number of hydrogen-bond acceptors (Lipinski definition) is 5. The molecule has 7 nitrogen and oxygen atoms in total. The summed E-state index contributed by atoms with van der Waals surface area (Å²) in [6.07, 6.45) is 1.03. The molecule has 21 heavy (non-hydrogen) atoms. The highest BCUT2D eigenvalue weighted by atomic mass is 16.6. The summed E-state index contributed by atoms with van der Waals surface area (Å²) in [7, 11) is 3.72. The summed E-state index contributed by atoms with van der Waals surface area (Å²) in [4.78, 5) is 26.7. The van der Waals surface area contributed by atoms with Crippen molar-refractivity contribution >= 4 is 17.3 Å². The van der Waals surface area contributed by atoms with Crippen molar-refractivity contribution in [3.8, 4) is 0 Å². The Morgan fingerprint density at radius 2 is 2.29 bits per heavy atom. The molecule has 1 atom stereocenters. The molecule has 1 fully saturated rings. The van der Waals surface area contributed by atoms with Gasteiger partial charge in [-0.1, -0.05) is 0 Å². The second-order valence-electron chi connectivity index (χ2n) is 5.64. The van der Waals surface area contributed by atoms with Gasteiger partial charge in [0.25, 0.3) is 11.6 Å². The number of likely N-dealkylation sites (tertiary alicyclic amines) is 1. The van der Waals surface area contributed by atoms with Gasteiger partial charge in [0.05, 0.1) is 4.92 Å². The van der Waals surface area contributed by atoms with Gasteiger partial charge in [-0.2, -0.15) is 0 Å². The van der Waals surface area contributed by atoms with Gasteiger partial charge < -0.3 is 15.5 Å². The Labute approximate surface area is 123 Å². The van der Waals surface area contributed by atoms with Crippen LogP contribution in [0.1, 0.15) is 16.8 Å². The van der Waals surface area contributed by atoms with Gasteiger partial charge in [-0.25, -0.2) is 0 Å². The Kier molecular flexibility index (Phi) is 4.42. The molecule has 1 aromatic rings. The third-order valence-electron chi connectivity index (χ3n) is 3.82. The number of anilines is 1. The Bertz CT molecular complexity index is 561. The number of nitrogens with two attached hydrogens (primary N) is 1. The topological polar surface area (TPSA) is 92.7 Å². The van der Waals surface area contributed by atoms with Crippen molar-refractivity contribution < 1.29 is 9.72 Å². The minimum absolute atomic E-state index is 0.0499. The number of nitrogens with zero attached hydrogens (tertiary/aromatic N) is 3. The summed E-state index contributed by atoms with van der Waals surface area (Å²) in [6.45, 7) is 2.55.